The first-order valence-corrected chi connectivity index (χ1v) is 7.09. The molecule has 0 aliphatic heterocycles. The molecule has 0 heterocycles. The molecule has 5 heteroatoms. The molecule has 0 aromatic heterocycles. The third kappa shape index (κ3) is 5.85. The summed E-state index contributed by atoms with van der Waals surface area (Å²) in [5.74, 6) is -1.07. The molecular formula is C16H23NO4. The van der Waals surface area contributed by atoms with Gasteiger partial charge in [0.25, 0.3) is 5.91 Å². The number of hydrogen-bond acceptors (Lipinski definition) is 3. The van der Waals surface area contributed by atoms with Crippen LogP contribution < -0.4 is 5.32 Å². The highest BCUT2D eigenvalue weighted by Gasteiger charge is 2.17. The van der Waals surface area contributed by atoms with E-state index in [4.69, 9.17) is 5.11 Å². The third-order valence-electron chi connectivity index (χ3n) is 3.22. The molecule has 0 saturated heterocycles. The number of hydrogen-bond donors (Lipinski definition) is 3. The molecule has 0 bridgehead atoms. The first kappa shape index (κ1) is 17.0. The number of aryl methyl sites for hydroxylation is 1. The molecule has 0 radical (unpaired) electrons. The first-order valence-electron chi connectivity index (χ1n) is 7.09. The maximum atomic E-state index is 12.0. The summed E-state index contributed by atoms with van der Waals surface area (Å²) in [6, 6.07) is 4.84. The van der Waals surface area contributed by atoms with Gasteiger partial charge in [-0.15, -0.1) is 0 Å². The van der Waals surface area contributed by atoms with Crippen LogP contribution in [-0.4, -0.2) is 28.6 Å². The molecule has 3 N–H and O–H groups in total. The molecule has 1 rings (SSSR count). The van der Waals surface area contributed by atoms with Crippen molar-refractivity contribution in [2.24, 2.45) is 11.8 Å². The van der Waals surface area contributed by atoms with E-state index in [0.29, 0.717) is 5.92 Å². The van der Waals surface area contributed by atoms with Crippen LogP contribution in [0.1, 0.15) is 42.6 Å². The highest BCUT2D eigenvalue weighted by atomic mass is 16.4. The number of rotatable bonds is 7. The number of phenolic OH excluding ortho intramolecular Hbond substituents is 1. The van der Waals surface area contributed by atoms with Crippen molar-refractivity contribution in [2.45, 2.75) is 33.6 Å². The third-order valence-corrected chi connectivity index (χ3v) is 3.22. The summed E-state index contributed by atoms with van der Waals surface area (Å²) in [5, 5.41) is 21.4. The van der Waals surface area contributed by atoms with Crippen molar-refractivity contribution in [3.05, 3.63) is 29.3 Å². The van der Waals surface area contributed by atoms with E-state index in [9.17, 15) is 14.7 Å². The second kappa shape index (κ2) is 7.67. The zero-order chi connectivity index (χ0) is 16.0. The number of aromatic hydroxyl groups is 1. The molecule has 1 atom stereocenters. The van der Waals surface area contributed by atoms with Crippen molar-refractivity contribution < 1.29 is 19.8 Å². The molecule has 21 heavy (non-hydrogen) atoms. The molecule has 1 aromatic carbocycles. The Hall–Kier alpha value is -2.04. The van der Waals surface area contributed by atoms with Crippen molar-refractivity contribution in [3.63, 3.8) is 0 Å². The normalized spacial score (nSPS) is 12.2. The molecule has 116 valence electrons. The number of nitrogens with one attached hydrogen (secondary N) is 1. The number of aliphatic carboxylic acids is 1. The Bertz CT molecular complexity index is 511. The van der Waals surface area contributed by atoms with E-state index in [0.717, 1.165) is 12.0 Å². The molecule has 0 fully saturated rings. The number of carboxylic acids is 1. The topological polar surface area (TPSA) is 86.6 Å². The lowest BCUT2D eigenvalue weighted by molar-refractivity contribution is -0.138. The van der Waals surface area contributed by atoms with Gasteiger partial charge in [0, 0.05) is 13.0 Å². The average Bonchev–Trinajstić information content (AvgIpc) is 2.34. The summed E-state index contributed by atoms with van der Waals surface area (Å²) in [6.45, 7) is 6.15. The van der Waals surface area contributed by atoms with Crippen LogP contribution in [0, 0.1) is 18.8 Å². The van der Waals surface area contributed by atoms with Crippen molar-refractivity contribution in [3.8, 4) is 5.75 Å². The number of carbonyl (C=O) groups excluding carboxylic acids is 1. The fourth-order valence-electron chi connectivity index (χ4n) is 2.32. The van der Waals surface area contributed by atoms with Gasteiger partial charge in [0.05, 0.1) is 5.56 Å². The smallest absolute Gasteiger partial charge is 0.303 e. The van der Waals surface area contributed by atoms with E-state index < -0.39 is 5.97 Å². The van der Waals surface area contributed by atoms with E-state index in [1.54, 1.807) is 12.1 Å². The van der Waals surface area contributed by atoms with Gasteiger partial charge in [-0.25, -0.2) is 0 Å². The minimum atomic E-state index is -0.868. The lowest BCUT2D eigenvalue weighted by Crippen LogP contribution is -2.31. The van der Waals surface area contributed by atoms with Crippen LogP contribution in [0.25, 0.3) is 0 Å². The number of amides is 1. The Kier molecular flexibility index (Phi) is 6.21. The van der Waals surface area contributed by atoms with Crippen molar-refractivity contribution in [2.75, 3.05) is 6.54 Å². The van der Waals surface area contributed by atoms with Gasteiger partial charge in [0.2, 0.25) is 0 Å². The maximum Gasteiger partial charge on any atom is 0.303 e. The average molecular weight is 293 g/mol. The van der Waals surface area contributed by atoms with Crippen molar-refractivity contribution >= 4 is 11.9 Å². The Morgan fingerprint density at radius 3 is 2.48 bits per heavy atom. The maximum absolute atomic E-state index is 12.0. The Balaban J connectivity index is 2.65. The molecule has 5 nitrogen and oxygen atoms in total. The number of carboxylic acid groups (broad SMARTS) is 1. The van der Waals surface area contributed by atoms with Crippen LogP contribution in [-0.2, 0) is 4.79 Å². The standard InChI is InChI=1S/C16H23NO4/c1-10(2)6-12(8-15(19)20)9-17-16(21)13-5-4-11(3)7-14(13)18/h4-5,7,10,12,18H,6,8-9H2,1-3H3,(H,17,21)(H,19,20)/t12-/m0/s1. The minimum Gasteiger partial charge on any atom is -0.507 e. The second-order valence-corrected chi connectivity index (χ2v) is 5.82. The number of carbonyl (C=O) groups is 2. The molecule has 1 amide bonds. The molecule has 0 saturated carbocycles. The lowest BCUT2D eigenvalue weighted by Gasteiger charge is -2.18. The molecule has 0 aliphatic rings. The van der Waals surface area contributed by atoms with Gasteiger partial charge in [-0.3, -0.25) is 9.59 Å². The zero-order valence-electron chi connectivity index (χ0n) is 12.7. The van der Waals surface area contributed by atoms with Crippen molar-refractivity contribution in [1.82, 2.24) is 5.32 Å². The van der Waals surface area contributed by atoms with Gasteiger partial charge >= 0.3 is 5.97 Å². The second-order valence-electron chi connectivity index (χ2n) is 5.82. The fraction of sp³-hybridized carbons (Fsp3) is 0.500. The summed E-state index contributed by atoms with van der Waals surface area (Å²) < 4.78 is 0. The minimum absolute atomic E-state index is 0.0261. The van der Waals surface area contributed by atoms with Gasteiger partial charge < -0.3 is 15.5 Å². The van der Waals surface area contributed by atoms with Crippen LogP contribution in [0.4, 0.5) is 0 Å². The Morgan fingerprint density at radius 2 is 1.95 bits per heavy atom. The number of benzene rings is 1. The molecule has 1 aromatic rings. The van der Waals surface area contributed by atoms with Crippen LogP contribution >= 0.6 is 0 Å². The molecule has 0 unspecified atom stereocenters. The fourth-order valence-corrected chi connectivity index (χ4v) is 2.32. The van der Waals surface area contributed by atoms with Crippen LogP contribution in [0.3, 0.4) is 0 Å². The monoisotopic (exact) mass is 293 g/mol. The molecule has 0 aliphatic carbocycles. The SMILES string of the molecule is Cc1ccc(C(=O)NC[C@H](CC(=O)O)CC(C)C)c(O)c1. The molecule has 0 spiro atoms. The van der Waals surface area contributed by atoms with Gasteiger partial charge in [-0.1, -0.05) is 19.9 Å². The summed E-state index contributed by atoms with van der Waals surface area (Å²) in [6.07, 6.45) is 0.755. The van der Waals surface area contributed by atoms with E-state index in [1.807, 2.05) is 20.8 Å². The van der Waals surface area contributed by atoms with E-state index in [-0.39, 0.29) is 36.1 Å². The van der Waals surface area contributed by atoms with E-state index >= 15 is 0 Å². The first-order chi connectivity index (χ1) is 9.79. The van der Waals surface area contributed by atoms with Gasteiger partial charge in [-0.2, -0.15) is 0 Å². The summed E-state index contributed by atoms with van der Waals surface area (Å²) in [4.78, 5) is 22.9. The Morgan fingerprint density at radius 1 is 1.29 bits per heavy atom. The Labute approximate surface area is 125 Å². The zero-order valence-corrected chi connectivity index (χ0v) is 12.7. The summed E-state index contributed by atoms with van der Waals surface area (Å²) in [5.41, 5.74) is 1.08. The van der Waals surface area contributed by atoms with Crippen LogP contribution in [0.5, 0.6) is 5.75 Å². The van der Waals surface area contributed by atoms with Crippen molar-refractivity contribution in [1.29, 1.82) is 0 Å². The summed E-state index contributed by atoms with van der Waals surface area (Å²) >= 11 is 0. The van der Waals surface area contributed by atoms with Gasteiger partial charge in [-0.05, 0) is 42.9 Å². The van der Waals surface area contributed by atoms with Gasteiger partial charge in [0.15, 0.2) is 0 Å². The number of phenols is 1. The predicted molar refractivity (Wildman–Crippen MR) is 80.4 cm³/mol. The lowest BCUT2D eigenvalue weighted by atomic mass is 9.94. The van der Waals surface area contributed by atoms with E-state index in [2.05, 4.69) is 5.32 Å². The highest BCUT2D eigenvalue weighted by Crippen LogP contribution is 2.19. The predicted octanol–water partition coefficient (Wildman–Crippen LogP) is 2.57. The largest absolute Gasteiger partial charge is 0.507 e. The van der Waals surface area contributed by atoms with Gasteiger partial charge in [0.1, 0.15) is 5.75 Å². The van der Waals surface area contributed by atoms with Crippen LogP contribution in [0.15, 0.2) is 18.2 Å². The highest BCUT2D eigenvalue weighted by molar-refractivity contribution is 5.96. The summed E-state index contributed by atoms with van der Waals surface area (Å²) in [7, 11) is 0. The van der Waals surface area contributed by atoms with Crippen LogP contribution in [0.2, 0.25) is 0 Å². The quantitative estimate of drug-likeness (QED) is 0.721. The molecular weight excluding hydrogens is 270 g/mol. The van der Waals surface area contributed by atoms with E-state index in [1.165, 1.54) is 6.07 Å².